The summed E-state index contributed by atoms with van der Waals surface area (Å²) in [5.41, 5.74) is 0. The Morgan fingerprint density at radius 1 is 1.38 bits per heavy atom. The molecule has 0 N–H and O–H groups in total. The molecule has 0 aromatic rings. The molecule has 3 atom stereocenters. The van der Waals surface area contributed by atoms with Crippen LogP contribution in [-0.4, -0.2) is 12.2 Å². The average Bonchev–Trinajstić information content (AvgIpc) is 2.45. The van der Waals surface area contributed by atoms with Crippen molar-refractivity contribution in [3.63, 3.8) is 0 Å². The van der Waals surface area contributed by atoms with Crippen LogP contribution < -0.4 is 0 Å². The zero-order chi connectivity index (χ0) is 5.56. The van der Waals surface area contributed by atoms with Crippen molar-refractivity contribution in [1.82, 2.24) is 0 Å². The van der Waals surface area contributed by atoms with Gasteiger partial charge in [0.05, 0.1) is 12.2 Å². The molecular formula is C7H12O. The van der Waals surface area contributed by atoms with Gasteiger partial charge in [-0.25, -0.2) is 0 Å². The molecular weight excluding hydrogens is 100 g/mol. The Bertz CT molecular complexity index is 101. The lowest BCUT2D eigenvalue weighted by atomic mass is 9.91. The van der Waals surface area contributed by atoms with E-state index in [1.807, 2.05) is 0 Å². The molecule has 0 radical (unpaired) electrons. The molecule has 0 bridgehead atoms. The van der Waals surface area contributed by atoms with E-state index in [1.165, 1.54) is 19.3 Å². The molecule has 1 heterocycles. The topological polar surface area (TPSA) is 12.5 Å². The Morgan fingerprint density at radius 3 is 2.88 bits per heavy atom. The summed E-state index contributed by atoms with van der Waals surface area (Å²) in [4.78, 5) is 0. The smallest absolute Gasteiger partial charge is 0.0867 e. The summed E-state index contributed by atoms with van der Waals surface area (Å²) in [6, 6.07) is 0. The number of rotatable bonds is 0. The quantitative estimate of drug-likeness (QED) is 0.433. The zero-order valence-corrected chi connectivity index (χ0v) is 5.26. The summed E-state index contributed by atoms with van der Waals surface area (Å²) in [5, 5.41) is 0. The zero-order valence-electron chi connectivity index (χ0n) is 5.26. The van der Waals surface area contributed by atoms with Gasteiger partial charge in [0.25, 0.3) is 0 Å². The van der Waals surface area contributed by atoms with E-state index in [0.717, 1.165) is 5.92 Å². The van der Waals surface area contributed by atoms with Gasteiger partial charge < -0.3 is 4.74 Å². The highest BCUT2D eigenvalue weighted by molar-refractivity contribution is 4.92. The Kier molecular flexibility index (Phi) is 0.884. The molecule has 0 amide bonds. The van der Waals surface area contributed by atoms with Crippen LogP contribution in [0.5, 0.6) is 0 Å². The van der Waals surface area contributed by atoms with Crippen LogP contribution in [0.15, 0.2) is 0 Å². The van der Waals surface area contributed by atoms with Gasteiger partial charge in [0.2, 0.25) is 0 Å². The van der Waals surface area contributed by atoms with Crippen molar-refractivity contribution in [2.45, 2.75) is 38.4 Å². The molecule has 2 fully saturated rings. The van der Waals surface area contributed by atoms with Crippen molar-refractivity contribution >= 4 is 0 Å². The molecule has 0 aromatic heterocycles. The van der Waals surface area contributed by atoms with Gasteiger partial charge >= 0.3 is 0 Å². The summed E-state index contributed by atoms with van der Waals surface area (Å²) >= 11 is 0. The molecule has 1 heteroatoms. The van der Waals surface area contributed by atoms with E-state index >= 15 is 0 Å². The van der Waals surface area contributed by atoms with E-state index < -0.39 is 0 Å². The van der Waals surface area contributed by atoms with E-state index in [9.17, 15) is 0 Å². The summed E-state index contributed by atoms with van der Waals surface area (Å²) in [6.07, 6.45) is 5.46. The number of epoxide rings is 1. The first-order valence-corrected chi connectivity index (χ1v) is 3.53. The standard InChI is InChI=1S/C7H12O/c1-5-3-2-4-6-7(5)8-6/h5-7H,2-4H2,1H3/t5-,6-,7-/m1/s1. The molecule has 2 rings (SSSR count). The van der Waals surface area contributed by atoms with Crippen molar-refractivity contribution in [3.05, 3.63) is 0 Å². The first-order valence-electron chi connectivity index (χ1n) is 3.53. The Morgan fingerprint density at radius 2 is 2.25 bits per heavy atom. The van der Waals surface area contributed by atoms with Gasteiger partial charge in [-0.05, 0) is 18.8 Å². The van der Waals surface area contributed by atoms with Gasteiger partial charge in [0.1, 0.15) is 0 Å². The minimum absolute atomic E-state index is 0.670. The van der Waals surface area contributed by atoms with E-state index in [2.05, 4.69) is 6.92 Å². The van der Waals surface area contributed by atoms with Crippen LogP contribution >= 0.6 is 0 Å². The number of ether oxygens (including phenoxy) is 1. The first-order chi connectivity index (χ1) is 3.88. The number of hydrogen-bond donors (Lipinski definition) is 0. The summed E-state index contributed by atoms with van der Waals surface area (Å²) in [7, 11) is 0. The Labute approximate surface area is 50.0 Å². The van der Waals surface area contributed by atoms with E-state index in [0.29, 0.717) is 12.2 Å². The molecule has 46 valence electrons. The lowest BCUT2D eigenvalue weighted by molar-refractivity contribution is 0.336. The van der Waals surface area contributed by atoms with E-state index in [1.54, 1.807) is 0 Å². The van der Waals surface area contributed by atoms with Crippen LogP contribution in [-0.2, 0) is 4.74 Å². The number of hydrogen-bond acceptors (Lipinski definition) is 1. The highest BCUT2D eigenvalue weighted by atomic mass is 16.6. The monoisotopic (exact) mass is 112 g/mol. The lowest BCUT2D eigenvalue weighted by Crippen LogP contribution is -2.11. The van der Waals surface area contributed by atoms with Crippen molar-refractivity contribution in [3.8, 4) is 0 Å². The third-order valence-electron chi connectivity index (χ3n) is 2.33. The molecule has 1 saturated carbocycles. The van der Waals surface area contributed by atoms with Crippen LogP contribution in [0.1, 0.15) is 26.2 Å². The maximum atomic E-state index is 5.39. The Hall–Kier alpha value is -0.0400. The van der Waals surface area contributed by atoms with Gasteiger partial charge in [0.15, 0.2) is 0 Å². The highest BCUT2D eigenvalue weighted by Crippen LogP contribution is 2.39. The fourth-order valence-electron chi connectivity index (χ4n) is 1.69. The van der Waals surface area contributed by atoms with Crippen molar-refractivity contribution in [2.24, 2.45) is 5.92 Å². The highest BCUT2D eigenvalue weighted by Gasteiger charge is 2.44. The number of fused-ring (bicyclic) bond motifs is 1. The fraction of sp³-hybridized carbons (Fsp3) is 1.00. The van der Waals surface area contributed by atoms with Crippen LogP contribution in [0.2, 0.25) is 0 Å². The molecule has 8 heavy (non-hydrogen) atoms. The van der Waals surface area contributed by atoms with Crippen molar-refractivity contribution < 1.29 is 4.74 Å². The third-order valence-corrected chi connectivity index (χ3v) is 2.33. The van der Waals surface area contributed by atoms with E-state index in [-0.39, 0.29) is 0 Å². The normalized spacial score (nSPS) is 52.9. The maximum absolute atomic E-state index is 5.39. The predicted molar refractivity (Wildman–Crippen MR) is 31.7 cm³/mol. The summed E-state index contributed by atoms with van der Waals surface area (Å²) < 4.78 is 5.39. The van der Waals surface area contributed by atoms with Gasteiger partial charge in [-0.2, -0.15) is 0 Å². The second kappa shape index (κ2) is 1.47. The fourth-order valence-corrected chi connectivity index (χ4v) is 1.69. The summed E-state index contributed by atoms with van der Waals surface area (Å²) in [6.45, 7) is 2.30. The van der Waals surface area contributed by atoms with Gasteiger partial charge in [-0.3, -0.25) is 0 Å². The SMILES string of the molecule is C[C@@H]1CCC[C@H]2O[C@H]12. The molecule has 1 aliphatic heterocycles. The molecule has 2 aliphatic rings. The molecule has 0 aromatic carbocycles. The van der Waals surface area contributed by atoms with Gasteiger partial charge in [-0.15, -0.1) is 0 Å². The van der Waals surface area contributed by atoms with Crippen molar-refractivity contribution in [1.29, 1.82) is 0 Å². The molecule has 1 saturated heterocycles. The molecule has 1 aliphatic carbocycles. The second-order valence-corrected chi connectivity index (χ2v) is 3.05. The molecule has 0 unspecified atom stereocenters. The largest absolute Gasteiger partial charge is 0.369 e. The maximum Gasteiger partial charge on any atom is 0.0867 e. The minimum Gasteiger partial charge on any atom is -0.369 e. The van der Waals surface area contributed by atoms with Crippen LogP contribution in [0.3, 0.4) is 0 Å². The van der Waals surface area contributed by atoms with Crippen LogP contribution in [0.25, 0.3) is 0 Å². The summed E-state index contributed by atoms with van der Waals surface area (Å²) in [5.74, 6) is 0.855. The van der Waals surface area contributed by atoms with Crippen LogP contribution in [0.4, 0.5) is 0 Å². The first kappa shape index (κ1) is 4.80. The minimum atomic E-state index is 0.670. The predicted octanol–water partition coefficient (Wildman–Crippen LogP) is 1.57. The molecule has 0 spiro atoms. The van der Waals surface area contributed by atoms with Gasteiger partial charge in [-0.1, -0.05) is 13.3 Å². The second-order valence-electron chi connectivity index (χ2n) is 3.05. The molecule has 1 nitrogen and oxygen atoms in total. The van der Waals surface area contributed by atoms with Gasteiger partial charge in [0, 0.05) is 0 Å². The average molecular weight is 112 g/mol. The lowest BCUT2D eigenvalue weighted by Gasteiger charge is -2.10. The Balaban J connectivity index is 1.99. The van der Waals surface area contributed by atoms with Crippen LogP contribution in [0, 0.1) is 5.92 Å². The third kappa shape index (κ3) is 0.576. The van der Waals surface area contributed by atoms with E-state index in [4.69, 9.17) is 4.74 Å². The van der Waals surface area contributed by atoms with Crippen molar-refractivity contribution in [2.75, 3.05) is 0 Å².